The molecule has 0 saturated carbocycles. The Morgan fingerprint density at radius 2 is 1.70 bits per heavy atom. The molecule has 6 nitrogen and oxygen atoms in total. The van der Waals surface area contributed by atoms with E-state index < -0.39 is 16.0 Å². The molecule has 0 bridgehead atoms. The molecule has 0 saturated heterocycles. The van der Waals surface area contributed by atoms with Gasteiger partial charge in [0.05, 0.1) is 12.2 Å². The molecule has 0 heterocycles. The molecule has 0 amide bonds. The van der Waals surface area contributed by atoms with Crippen LogP contribution in [0.5, 0.6) is 0 Å². The number of nitrogens with one attached hydrogen (secondary N) is 1. The molecule has 2 aromatic carbocycles. The number of carbonyl (C=O) groups excluding carboxylic acids is 1. The minimum atomic E-state index is -3.46. The van der Waals surface area contributed by atoms with Crippen LogP contribution in [0.1, 0.15) is 39.9 Å². The minimum Gasteiger partial charge on any atom is -0.481 e. The number of Topliss-reactive ketones (excluding diaryl/α,β-unsaturated/α-hetero) is 1. The molecule has 1 aliphatic carbocycles. The molecule has 3 rings (SSSR count). The van der Waals surface area contributed by atoms with Crippen LogP contribution in [-0.4, -0.2) is 31.3 Å². The summed E-state index contributed by atoms with van der Waals surface area (Å²) in [5, 5.41) is 8.70. The maximum Gasteiger partial charge on any atom is 0.303 e. The number of ketones is 1. The number of aliphatic carboxylic acids is 1. The molecule has 2 aromatic rings. The van der Waals surface area contributed by atoms with Gasteiger partial charge in [-0.1, -0.05) is 42.5 Å². The molecule has 0 radical (unpaired) electrons. The van der Waals surface area contributed by atoms with E-state index in [1.165, 1.54) is 0 Å². The molecular weight excluding hydrogens is 366 g/mol. The topological polar surface area (TPSA) is 101 Å². The van der Waals surface area contributed by atoms with Gasteiger partial charge in [0.25, 0.3) is 0 Å². The summed E-state index contributed by atoms with van der Waals surface area (Å²) in [4.78, 5) is 22.7. The van der Waals surface area contributed by atoms with Crippen molar-refractivity contribution in [2.75, 3.05) is 0 Å². The monoisotopic (exact) mass is 387 g/mol. The first-order valence-corrected chi connectivity index (χ1v) is 10.4. The molecule has 2 N–H and O–H groups in total. The Balaban J connectivity index is 1.63. The van der Waals surface area contributed by atoms with Crippen LogP contribution in [0.15, 0.2) is 48.5 Å². The molecule has 0 aromatic heterocycles. The van der Waals surface area contributed by atoms with Crippen molar-refractivity contribution in [2.24, 2.45) is 0 Å². The summed E-state index contributed by atoms with van der Waals surface area (Å²) in [6.45, 7) is 0. The Bertz CT molecular complexity index is 954. The van der Waals surface area contributed by atoms with Gasteiger partial charge >= 0.3 is 5.97 Å². The number of carbonyl (C=O) groups is 2. The molecule has 142 valence electrons. The summed E-state index contributed by atoms with van der Waals surface area (Å²) in [6, 6.07) is 14.0. The second-order valence-electron chi connectivity index (χ2n) is 6.77. The Kier molecular flexibility index (Phi) is 5.72. The maximum absolute atomic E-state index is 12.4. The third-order valence-electron chi connectivity index (χ3n) is 4.57. The van der Waals surface area contributed by atoms with E-state index in [0.29, 0.717) is 18.4 Å². The lowest BCUT2D eigenvalue weighted by atomic mass is 10.0. The zero-order valence-electron chi connectivity index (χ0n) is 14.7. The lowest BCUT2D eigenvalue weighted by Gasteiger charge is -2.12. The largest absolute Gasteiger partial charge is 0.481 e. The van der Waals surface area contributed by atoms with Crippen LogP contribution < -0.4 is 4.72 Å². The number of carboxylic acids is 1. The fourth-order valence-electron chi connectivity index (χ4n) is 3.33. The average molecular weight is 387 g/mol. The Hall–Kier alpha value is -2.51. The van der Waals surface area contributed by atoms with E-state index >= 15 is 0 Å². The predicted octanol–water partition coefficient (Wildman–Crippen LogP) is 2.32. The van der Waals surface area contributed by atoms with Crippen molar-refractivity contribution in [3.8, 4) is 0 Å². The van der Waals surface area contributed by atoms with Crippen LogP contribution >= 0.6 is 0 Å². The lowest BCUT2D eigenvalue weighted by molar-refractivity contribution is -0.136. The SMILES string of the molecule is O=C(O)CCC(=O)c1ccc2c(c1)CC(NS(=O)(=O)Cc1ccccc1)C2. The quantitative estimate of drug-likeness (QED) is 0.677. The van der Waals surface area contributed by atoms with Gasteiger partial charge < -0.3 is 5.11 Å². The molecule has 1 atom stereocenters. The average Bonchev–Trinajstić information content (AvgIpc) is 3.00. The van der Waals surface area contributed by atoms with Crippen LogP contribution in [0.25, 0.3) is 0 Å². The first-order chi connectivity index (χ1) is 12.8. The molecule has 1 aliphatic rings. The number of sulfonamides is 1. The zero-order chi connectivity index (χ0) is 19.4. The van der Waals surface area contributed by atoms with E-state index in [9.17, 15) is 18.0 Å². The van der Waals surface area contributed by atoms with Gasteiger partial charge in [-0.3, -0.25) is 9.59 Å². The van der Waals surface area contributed by atoms with Crippen molar-refractivity contribution in [3.05, 3.63) is 70.8 Å². The van der Waals surface area contributed by atoms with E-state index in [0.717, 1.165) is 16.7 Å². The van der Waals surface area contributed by atoms with Gasteiger partial charge in [-0.15, -0.1) is 0 Å². The van der Waals surface area contributed by atoms with E-state index in [4.69, 9.17) is 5.11 Å². The fraction of sp³-hybridized carbons (Fsp3) is 0.300. The number of carboxylic acid groups (broad SMARTS) is 1. The number of hydrogen-bond acceptors (Lipinski definition) is 4. The van der Waals surface area contributed by atoms with Gasteiger partial charge in [-0.05, 0) is 35.6 Å². The molecule has 27 heavy (non-hydrogen) atoms. The highest BCUT2D eigenvalue weighted by Gasteiger charge is 2.26. The third kappa shape index (κ3) is 5.24. The van der Waals surface area contributed by atoms with Crippen molar-refractivity contribution in [1.29, 1.82) is 0 Å². The van der Waals surface area contributed by atoms with Crippen LogP contribution in [0.3, 0.4) is 0 Å². The fourth-order valence-corrected chi connectivity index (χ4v) is 4.72. The number of rotatable bonds is 8. The Labute approximate surface area is 158 Å². The van der Waals surface area contributed by atoms with Crippen LogP contribution in [0.4, 0.5) is 0 Å². The van der Waals surface area contributed by atoms with Gasteiger partial charge in [0.1, 0.15) is 0 Å². The summed E-state index contributed by atoms with van der Waals surface area (Å²) >= 11 is 0. The van der Waals surface area contributed by atoms with Crippen molar-refractivity contribution in [2.45, 2.75) is 37.5 Å². The first kappa shape index (κ1) is 19.3. The van der Waals surface area contributed by atoms with Gasteiger partial charge in [-0.25, -0.2) is 13.1 Å². The molecule has 0 spiro atoms. The summed E-state index contributed by atoms with van der Waals surface area (Å²) in [5.74, 6) is -1.29. The minimum absolute atomic E-state index is 0.0404. The second-order valence-corrected chi connectivity index (χ2v) is 8.52. The molecule has 7 heteroatoms. The Morgan fingerprint density at radius 3 is 2.41 bits per heavy atom. The van der Waals surface area contributed by atoms with E-state index in [1.54, 1.807) is 36.4 Å². The van der Waals surface area contributed by atoms with Crippen LogP contribution in [0, 0.1) is 0 Å². The highest BCUT2D eigenvalue weighted by molar-refractivity contribution is 7.88. The summed E-state index contributed by atoms with van der Waals surface area (Å²) in [5.41, 5.74) is 3.15. The summed E-state index contributed by atoms with van der Waals surface area (Å²) in [7, 11) is -3.46. The summed E-state index contributed by atoms with van der Waals surface area (Å²) < 4.78 is 27.6. The number of fused-ring (bicyclic) bond motifs is 1. The van der Waals surface area contributed by atoms with Crippen molar-refractivity contribution < 1.29 is 23.1 Å². The van der Waals surface area contributed by atoms with Crippen molar-refractivity contribution >= 4 is 21.8 Å². The molecule has 1 unspecified atom stereocenters. The van der Waals surface area contributed by atoms with Crippen LogP contribution in [0.2, 0.25) is 0 Å². The van der Waals surface area contributed by atoms with Gasteiger partial charge in [0.15, 0.2) is 5.78 Å². The number of hydrogen-bond donors (Lipinski definition) is 2. The van der Waals surface area contributed by atoms with E-state index in [-0.39, 0.29) is 30.4 Å². The predicted molar refractivity (Wildman–Crippen MR) is 101 cm³/mol. The third-order valence-corrected chi connectivity index (χ3v) is 5.98. The van der Waals surface area contributed by atoms with Crippen LogP contribution in [-0.2, 0) is 33.4 Å². The Morgan fingerprint density at radius 1 is 1.00 bits per heavy atom. The summed E-state index contributed by atoms with van der Waals surface area (Å²) in [6.07, 6.45) is 0.857. The van der Waals surface area contributed by atoms with E-state index in [1.807, 2.05) is 12.1 Å². The van der Waals surface area contributed by atoms with Gasteiger partial charge in [0.2, 0.25) is 10.0 Å². The van der Waals surface area contributed by atoms with E-state index in [2.05, 4.69) is 4.72 Å². The maximum atomic E-state index is 12.4. The molecular formula is C20H21NO5S. The standard InChI is InChI=1S/C20H21NO5S/c22-19(8-9-20(23)24)16-7-6-15-11-18(12-17(15)10-16)21-27(25,26)13-14-4-2-1-3-5-14/h1-7,10,18,21H,8-9,11-13H2,(H,23,24). The second kappa shape index (κ2) is 8.02. The molecule has 0 fully saturated rings. The molecule has 0 aliphatic heterocycles. The normalized spacial score (nSPS) is 16.1. The zero-order valence-corrected chi connectivity index (χ0v) is 15.5. The lowest BCUT2D eigenvalue weighted by Crippen LogP contribution is -2.36. The van der Waals surface area contributed by atoms with Crippen molar-refractivity contribution in [3.63, 3.8) is 0 Å². The van der Waals surface area contributed by atoms with Gasteiger partial charge in [0, 0.05) is 18.0 Å². The van der Waals surface area contributed by atoms with Crippen molar-refractivity contribution in [1.82, 2.24) is 4.72 Å². The smallest absolute Gasteiger partial charge is 0.303 e. The number of benzene rings is 2. The highest BCUT2D eigenvalue weighted by atomic mass is 32.2. The highest BCUT2D eigenvalue weighted by Crippen LogP contribution is 2.25. The van der Waals surface area contributed by atoms with Gasteiger partial charge in [-0.2, -0.15) is 0 Å². The first-order valence-electron chi connectivity index (χ1n) is 8.73.